The van der Waals surface area contributed by atoms with Gasteiger partial charge in [0, 0.05) is 24.7 Å². The number of nitrogens with two attached hydrogens (primary N) is 1. The first-order chi connectivity index (χ1) is 8.10. The number of methoxy groups -OCH3 is 1. The van der Waals surface area contributed by atoms with E-state index in [4.69, 9.17) is 10.5 Å². The molecular weight excluding hydrogens is 262 g/mol. The van der Waals surface area contributed by atoms with Gasteiger partial charge in [0.25, 0.3) is 5.91 Å². The highest BCUT2D eigenvalue weighted by atomic mass is 35.5. The fourth-order valence-corrected chi connectivity index (χ4v) is 1.26. The topological polar surface area (TPSA) is 107 Å². The van der Waals surface area contributed by atoms with Gasteiger partial charge in [-0.05, 0) is 12.1 Å². The SMILES string of the molecule is COc1ccc(C(=O)NCCN)cc1[N+](=O)[O-].Cl. The van der Waals surface area contributed by atoms with Crippen LogP contribution in [0.5, 0.6) is 5.75 Å². The summed E-state index contributed by atoms with van der Waals surface area (Å²) in [7, 11) is 1.33. The average molecular weight is 276 g/mol. The summed E-state index contributed by atoms with van der Waals surface area (Å²) in [6.45, 7) is 0.628. The highest BCUT2D eigenvalue weighted by molar-refractivity contribution is 5.95. The molecule has 0 aromatic heterocycles. The molecule has 0 saturated carbocycles. The zero-order chi connectivity index (χ0) is 12.8. The number of amides is 1. The van der Waals surface area contributed by atoms with Crippen LogP contribution in [0.2, 0.25) is 0 Å². The quantitative estimate of drug-likeness (QED) is 0.608. The highest BCUT2D eigenvalue weighted by Crippen LogP contribution is 2.27. The molecule has 0 aliphatic rings. The molecule has 3 N–H and O–H groups in total. The van der Waals surface area contributed by atoms with Crippen molar-refractivity contribution in [2.45, 2.75) is 0 Å². The molecule has 18 heavy (non-hydrogen) atoms. The Labute approximate surface area is 110 Å². The number of benzene rings is 1. The van der Waals surface area contributed by atoms with Crippen LogP contribution in [-0.2, 0) is 0 Å². The number of ether oxygens (including phenoxy) is 1. The third-order valence-corrected chi connectivity index (χ3v) is 2.07. The van der Waals surface area contributed by atoms with E-state index in [-0.39, 0.29) is 29.4 Å². The molecule has 0 atom stereocenters. The van der Waals surface area contributed by atoms with Crippen molar-refractivity contribution >= 4 is 24.0 Å². The molecule has 0 unspecified atom stereocenters. The van der Waals surface area contributed by atoms with Crippen molar-refractivity contribution in [3.05, 3.63) is 33.9 Å². The van der Waals surface area contributed by atoms with E-state index < -0.39 is 10.8 Å². The van der Waals surface area contributed by atoms with E-state index in [9.17, 15) is 14.9 Å². The second-order valence-electron chi connectivity index (χ2n) is 3.19. The fourth-order valence-electron chi connectivity index (χ4n) is 1.26. The predicted molar refractivity (Wildman–Crippen MR) is 68.3 cm³/mol. The zero-order valence-electron chi connectivity index (χ0n) is 9.71. The minimum Gasteiger partial charge on any atom is -0.490 e. The van der Waals surface area contributed by atoms with Crippen LogP contribution in [-0.4, -0.2) is 31.0 Å². The van der Waals surface area contributed by atoms with E-state index in [1.165, 1.54) is 25.3 Å². The van der Waals surface area contributed by atoms with Crippen LogP contribution in [0.1, 0.15) is 10.4 Å². The summed E-state index contributed by atoms with van der Waals surface area (Å²) < 4.78 is 4.83. The number of carbonyl (C=O) groups excluding carboxylic acids is 1. The number of nitro benzene ring substituents is 1. The Balaban J connectivity index is 0.00000289. The van der Waals surface area contributed by atoms with Gasteiger partial charge in [0.15, 0.2) is 5.75 Å². The van der Waals surface area contributed by atoms with Crippen LogP contribution >= 0.6 is 12.4 Å². The second kappa shape index (κ2) is 7.46. The Bertz CT molecular complexity index is 439. The van der Waals surface area contributed by atoms with E-state index in [2.05, 4.69) is 5.32 Å². The van der Waals surface area contributed by atoms with Crippen molar-refractivity contribution in [2.75, 3.05) is 20.2 Å². The normalized spacial score (nSPS) is 9.22. The summed E-state index contributed by atoms with van der Waals surface area (Å²) in [6, 6.07) is 4.01. The maximum Gasteiger partial charge on any atom is 0.311 e. The lowest BCUT2D eigenvalue weighted by molar-refractivity contribution is -0.385. The number of hydrogen-bond acceptors (Lipinski definition) is 5. The number of carbonyl (C=O) groups is 1. The Hall–Kier alpha value is -1.86. The van der Waals surface area contributed by atoms with Crippen LogP contribution in [0.4, 0.5) is 5.69 Å². The zero-order valence-corrected chi connectivity index (χ0v) is 10.5. The molecule has 1 rings (SSSR count). The van der Waals surface area contributed by atoms with Gasteiger partial charge in [-0.25, -0.2) is 0 Å². The molecular formula is C10H14ClN3O4. The Morgan fingerprint density at radius 3 is 2.72 bits per heavy atom. The lowest BCUT2D eigenvalue weighted by atomic mass is 10.1. The monoisotopic (exact) mass is 275 g/mol. The molecule has 100 valence electrons. The number of nitro groups is 1. The number of rotatable bonds is 5. The number of halogens is 1. The number of nitrogens with zero attached hydrogens (tertiary/aromatic N) is 1. The summed E-state index contributed by atoms with van der Waals surface area (Å²) in [5, 5.41) is 13.3. The van der Waals surface area contributed by atoms with Gasteiger partial charge < -0.3 is 15.8 Å². The van der Waals surface area contributed by atoms with Gasteiger partial charge in [-0.3, -0.25) is 14.9 Å². The smallest absolute Gasteiger partial charge is 0.311 e. The standard InChI is InChI=1S/C10H13N3O4.ClH/c1-17-9-3-2-7(6-8(9)13(15)16)10(14)12-5-4-11;/h2-3,6H,4-5,11H2,1H3,(H,12,14);1H. The molecule has 1 aromatic carbocycles. The fraction of sp³-hybridized carbons (Fsp3) is 0.300. The molecule has 0 aliphatic carbocycles. The average Bonchev–Trinajstić information content (AvgIpc) is 2.34. The molecule has 0 radical (unpaired) electrons. The van der Waals surface area contributed by atoms with E-state index in [1.54, 1.807) is 0 Å². The third-order valence-electron chi connectivity index (χ3n) is 2.07. The van der Waals surface area contributed by atoms with E-state index in [1.807, 2.05) is 0 Å². The molecule has 8 heteroatoms. The maximum atomic E-state index is 11.5. The van der Waals surface area contributed by atoms with Crippen LogP contribution in [0, 0.1) is 10.1 Å². The maximum absolute atomic E-state index is 11.5. The van der Waals surface area contributed by atoms with Crippen LogP contribution in [0.3, 0.4) is 0 Å². The molecule has 0 aliphatic heterocycles. The van der Waals surface area contributed by atoms with Crippen LogP contribution in [0.15, 0.2) is 18.2 Å². The summed E-state index contributed by atoms with van der Waals surface area (Å²) in [5.41, 5.74) is 5.19. The summed E-state index contributed by atoms with van der Waals surface area (Å²) in [5.74, 6) is -0.286. The van der Waals surface area contributed by atoms with Gasteiger partial charge in [-0.1, -0.05) is 0 Å². The van der Waals surface area contributed by atoms with Gasteiger partial charge in [0.2, 0.25) is 0 Å². The molecule has 1 aromatic rings. The minimum atomic E-state index is -0.599. The minimum absolute atomic E-state index is 0. The largest absolute Gasteiger partial charge is 0.490 e. The molecule has 1 amide bonds. The van der Waals surface area contributed by atoms with Gasteiger partial charge in [0.05, 0.1) is 12.0 Å². The first-order valence-corrected chi connectivity index (χ1v) is 4.91. The summed E-state index contributed by atoms with van der Waals surface area (Å²) in [6.07, 6.45) is 0. The predicted octanol–water partition coefficient (Wildman–Crippen LogP) is 0.714. The Morgan fingerprint density at radius 1 is 1.56 bits per heavy atom. The van der Waals surface area contributed by atoms with E-state index in [0.29, 0.717) is 13.1 Å². The van der Waals surface area contributed by atoms with Gasteiger partial charge in [-0.15, -0.1) is 12.4 Å². The second-order valence-corrected chi connectivity index (χ2v) is 3.19. The lowest BCUT2D eigenvalue weighted by Gasteiger charge is -2.05. The van der Waals surface area contributed by atoms with Crippen molar-refractivity contribution in [3.63, 3.8) is 0 Å². The van der Waals surface area contributed by atoms with Gasteiger partial charge >= 0.3 is 5.69 Å². The van der Waals surface area contributed by atoms with Crippen molar-refractivity contribution in [3.8, 4) is 5.75 Å². The van der Waals surface area contributed by atoms with E-state index in [0.717, 1.165) is 0 Å². The van der Waals surface area contributed by atoms with Crippen molar-refractivity contribution in [2.24, 2.45) is 5.73 Å². The molecule has 0 heterocycles. The van der Waals surface area contributed by atoms with Gasteiger partial charge in [-0.2, -0.15) is 0 Å². The molecule has 0 saturated heterocycles. The Kier molecular flexibility index (Phi) is 6.69. The Morgan fingerprint density at radius 2 is 2.22 bits per heavy atom. The number of nitrogens with one attached hydrogen (secondary N) is 1. The molecule has 7 nitrogen and oxygen atoms in total. The van der Waals surface area contributed by atoms with E-state index >= 15 is 0 Å². The number of hydrogen-bond donors (Lipinski definition) is 2. The first kappa shape index (κ1) is 16.1. The van der Waals surface area contributed by atoms with Gasteiger partial charge in [0.1, 0.15) is 0 Å². The summed E-state index contributed by atoms with van der Waals surface area (Å²) in [4.78, 5) is 21.7. The van der Waals surface area contributed by atoms with Crippen LogP contribution < -0.4 is 15.8 Å². The van der Waals surface area contributed by atoms with Crippen molar-refractivity contribution in [1.29, 1.82) is 0 Å². The van der Waals surface area contributed by atoms with Crippen LogP contribution in [0.25, 0.3) is 0 Å². The summed E-state index contributed by atoms with van der Waals surface area (Å²) >= 11 is 0. The third kappa shape index (κ3) is 3.86. The van der Waals surface area contributed by atoms with Crippen molar-refractivity contribution < 1.29 is 14.5 Å². The van der Waals surface area contributed by atoms with Crippen molar-refractivity contribution in [1.82, 2.24) is 5.32 Å². The molecule has 0 spiro atoms. The lowest BCUT2D eigenvalue weighted by Crippen LogP contribution is -2.28. The first-order valence-electron chi connectivity index (χ1n) is 4.91. The highest BCUT2D eigenvalue weighted by Gasteiger charge is 2.17. The molecule has 0 fully saturated rings. The molecule has 0 bridgehead atoms.